The Morgan fingerprint density at radius 2 is 2.24 bits per heavy atom. The maximum Gasteiger partial charge on any atom is 0.201 e. The lowest BCUT2D eigenvalue weighted by molar-refractivity contribution is 0.0667. The molecule has 0 unspecified atom stereocenters. The highest BCUT2D eigenvalue weighted by Crippen LogP contribution is 2.22. The number of rotatable bonds is 3. The molecular formula is C12H20N6O3. The van der Waals surface area contributed by atoms with E-state index in [1.54, 1.807) is 11.2 Å². The Hall–Kier alpha value is -1.84. The summed E-state index contributed by atoms with van der Waals surface area (Å²) in [5.74, 6) is 1.14. The van der Waals surface area contributed by atoms with Gasteiger partial charge in [0.05, 0.1) is 32.3 Å². The summed E-state index contributed by atoms with van der Waals surface area (Å²) in [6, 6.07) is 0. The molecule has 0 aromatic heterocycles. The molecule has 0 bridgehead atoms. The lowest BCUT2D eigenvalue weighted by Gasteiger charge is -2.29. The number of nitrogens with zero attached hydrogens (tertiary/aromatic N) is 4. The van der Waals surface area contributed by atoms with Gasteiger partial charge in [-0.2, -0.15) is 0 Å². The number of aliphatic hydroxyl groups excluding tert-OH is 2. The third-order valence-electron chi connectivity index (χ3n) is 3.63. The second kappa shape index (κ2) is 5.88. The third kappa shape index (κ3) is 2.80. The first-order valence-corrected chi connectivity index (χ1v) is 6.95. The summed E-state index contributed by atoms with van der Waals surface area (Å²) in [4.78, 5) is 12.6. The van der Waals surface area contributed by atoms with Crippen molar-refractivity contribution in [1.82, 2.24) is 15.1 Å². The zero-order valence-electron chi connectivity index (χ0n) is 11.6. The van der Waals surface area contributed by atoms with Crippen LogP contribution >= 0.6 is 0 Å². The average Bonchev–Trinajstić information content (AvgIpc) is 2.97. The van der Waals surface area contributed by atoms with E-state index in [9.17, 15) is 5.11 Å². The minimum absolute atomic E-state index is 0.239. The van der Waals surface area contributed by atoms with Crippen molar-refractivity contribution in [3.05, 3.63) is 11.5 Å². The van der Waals surface area contributed by atoms with Crippen molar-refractivity contribution in [2.45, 2.75) is 12.3 Å². The van der Waals surface area contributed by atoms with E-state index < -0.39 is 6.10 Å². The number of hydrogen-bond acceptors (Lipinski definition) is 9. The van der Waals surface area contributed by atoms with Gasteiger partial charge in [-0.3, -0.25) is 0 Å². The van der Waals surface area contributed by atoms with Gasteiger partial charge >= 0.3 is 0 Å². The molecule has 9 heteroatoms. The van der Waals surface area contributed by atoms with E-state index in [-0.39, 0.29) is 19.3 Å². The van der Waals surface area contributed by atoms with Gasteiger partial charge in [0, 0.05) is 19.6 Å². The van der Waals surface area contributed by atoms with E-state index in [1.165, 1.54) is 0 Å². The fourth-order valence-electron chi connectivity index (χ4n) is 2.49. The molecule has 1 fully saturated rings. The van der Waals surface area contributed by atoms with Crippen LogP contribution in [-0.4, -0.2) is 84.0 Å². The van der Waals surface area contributed by atoms with Gasteiger partial charge in [0.2, 0.25) is 5.96 Å². The number of aliphatic imine (C=N–C) groups is 2. The number of guanidine groups is 1. The summed E-state index contributed by atoms with van der Waals surface area (Å²) in [5, 5.41) is 21.8. The summed E-state index contributed by atoms with van der Waals surface area (Å²) in [5.41, 5.74) is 6.61. The molecule has 21 heavy (non-hydrogen) atoms. The maximum absolute atomic E-state index is 9.61. The maximum atomic E-state index is 9.61. The second-order valence-corrected chi connectivity index (χ2v) is 5.13. The highest BCUT2D eigenvalue weighted by atomic mass is 16.5. The van der Waals surface area contributed by atoms with E-state index >= 15 is 0 Å². The normalized spacial score (nSPS) is 26.6. The van der Waals surface area contributed by atoms with Gasteiger partial charge in [-0.15, -0.1) is 0 Å². The molecular weight excluding hydrogens is 276 g/mol. The van der Waals surface area contributed by atoms with Crippen molar-refractivity contribution < 1.29 is 14.9 Å². The molecule has 0 saturated carbocycles. The summed E-state index contributed by atoms with van der Waals surface area (Å²) in [6.07, 6.45) is 0.372. The van der Waals surface area contributed by atoms with Crippen LogP contribution in [-0.2, 0) is 4.74 Å². The number of aliphatic hydroxyl groups is 2. The van der Waals surface area contributed by atoms with Gasteiger partial charge < -0.3 is 35.8 Å². The zero-order chi connectivity index (χ0) is 14.8. The van der Waals surface area contributed by atoms with Crippen LogP contribution in [0.25, 0.3) is 0 Å². The Kier molecular flexibility index (Phi) is 3.95. The van der Waals surface area contributed by atoms with Crippen LogP contribution in [0.5, 0.6) is 0 Å². The van der Waals surface area contributed by atoms with Crippen LogP contribution in [0, 0.1) is 0 Å². The van der Waals surface area contributed by atoms with Crippen molar-refractivity contribution in [3.63, 3.8) is 0 Å². The number of fused-ring (bicyclic) bond motifs is 1. The minimum Gasteiger partial charge on any atom is -0.394 e. The summed E-state index contributed by atoms with van der Waals surface area (Å²) < 4.78 is 5.33. The molecule has 0 amide bonds. The van der Waals surface area contributed by atoms with E-state index in [2.05, 4.69) is 20.2 Å². The van der Waals surface area contributed by atoms with Crippen LogP contribution in [0.3, 0.4) is 0 Å². The van der Waals surface area contributed by atoms with Gasteiger partial charge in [0.15, 0.2) is 6.17 Å². The van der Waals surface area contributed by atoms with Crippen LogP contribution in [0.4, 0.5) is 0 Å². The lowest BCUT2D eigenvalue weighted by Crippen LogP contribution is -2.46. The average molecular weight is 296 g/mol. The number of nitrogens with two attached hydrogens (primary N) is 1. The fourth-order valence-corrected chi connectivity index (χ4v) is 2.49. The van der Waals surface area contributed by atoms with E-state index in [4.69, 9.17) is 15.6 Å². The number of hydrogen-bond donors (Lipinski definition) is 4. The molecule has 0 radical (unpaired) electrons. The first-order valence-electron chi connectivity index (χ1n) is 6.95. The van der Waals surface area contributed by atoms with E-state index in [0.29, 0.717) is 24.7 Å². The number of morpholine rings is 1. The van der Waals surface area contributed by atoms with Crippen molar-refractivity contribution in [2.75, 3.05) is 39.5 Å². The molecule has 5 N–H and O–H groups in total. The predicted molar refractivity (Wildman–Crippen MR) is 76.3 cm³/mol. The van der Waals surface area contributed by atoms with Crippen molar-refractivity contribution >= 4 is 12.3 Å². The van der Waals surface area contributed by atoms with Gasteiger partial charge in [-0.25, -0.2) is 9.98 Å². The summed E-state index contributed by atoms with van der Waals surface area (Å²) in [6.45, 7) is 2.81. The number of ether oxygens (including phenoxy) is 1. The Balaban J connectivity index is 1.76. The van der Waals surface area contributed by atoms with Crippen LogP contribution in [0.15, 0.2) is 21.5 Å². The summed E-state index contributed by atoms with van der Waals surface area (Å²) in [7, 11) is 0. The largest absolute Gasteiger partial charge is 0.394 e. The molecule has 0 aliphatic carbocycles. The molecule has 3 aliphatic rings. The Morgan fingerprint density at radius 3 is 2.95 bits per heavy atom. The number of nitrogens with one attached hydrogen (secondary N) is 1. The minimum atomic E-state index is -0.848. The molecule has 0 spiro atoms. The monoisotopic (exact) mass is 296 g/mol. The standard InChI is InChI=1S/C12H20N6O3/c13-10-9-11(18(7-14-10)5-8(20)6-19)16-12(15-9)17-1-3-21-4-2-17/h7-8,11,19-20H,1-6,13H2,(H,15,16)/t8-,11-/m1/s1. The molecule has 3 aliphatic heterocycles. The molecule has 2 atom stereocenters. The van der Waals surface area contributed by atoms with Crippen molar-refractivity contribution in [2.24, 2.45) is 15.7 Å². The summed E-state index contributed by atoms with van der Waals surface area (Å²) >= 11 is 0. The molecule has 3 rings (SSSR count). The van der Waals surface area contributed by atoms with Crippen LogP contribution in [0.1, 0.15) is 0 Å². The molecule has 3 heterocycles. The second-order valence-electron chi connectivity index (χ2n) is 5.13. The SMILES string of the molecule is NC1=C2NC(N3CCOCC3)=N[C@@H]2N(C[C@@H](O)CO)C=N1. The molecule has 1 saturated heterocycles. The van der Waals surface area contributed by atoms with Crippen molar-refractivity contribution in [3.8, 4) is 0 Å². The molecule has 116 valence electrons. The highest BCUT2D eigenvalue weighted by molar-refractivity contribution is 5.86. The predicted octanol–water partition coefficient (Wildman–Crippen LogP) is -2.57. The first kappa shape index (κ1) is 14.1. The molecule has 9 nitrogen and oxygen atoms in total. The smallest absolute Gasteiger partial charge is 0.201 e. The first-order chi connectivity index (χ1) is 10.2. The molecule has 0 aromatic rings. The number of β-amino-alcohol motifs (C(OH)–C–C–N with tert-alkyl or cyclic N) is 1. The third-order valence-corrected chi connectivity index (χ3v) is 3.63. The fraction of sp³-hybridized carbons (Fsp3) is 0.667. The van der Waals surface area contributed by atoms with Gasteiger partial charge in [0.25, 0.3) is 0 Å². The van der Waals surface area contributed by atoms with Crippen LogP contribution < -0.4 is 11.1 Å². The lowest BCUT2D eigenvalue weighted by atomic mass is 10.2. The van der Waals surface area contributed by atoms with Crippen LogP contribution in [0.2, 0.25) is 0 Å². The topological polar surface area (TPSA) is 119 Å². The quantitative estimate of drug-likeness (QED) is 0.452. The van der Waals surface area contributed by atoms with Gasteiger partial charge in [-0.05, 0) is 0 Å². The zero-order valence-corrected chi connectivity index (χ0v) is 11.6. The van der Waals surface area contributed by atoms with Crippen molar-refractivity contribution in [1.29, 1.82) is 0 Å². The highest BCUT2D eigenvalue weighted by Gasteiger charge is 2.35. The van der Waals surface area contributed by atoms with E-state index in [1.807, 2.05) is 0 Å². The van der Waals surface area contributed by atoms with E-state index in [0.717, 1.165) is 19.0 Å². The molecule has 0 aromatic carbocycles. The Bertz CT molecular complexity index is 485. The Labute approximate surface area is 122 Å². The van der Waals surface area contributed by atoms with Gasteiger partial charge in [0.1, 0.15) is 11.5 Å². The Morgan fingerprint density at radius 1 is 1.48 bits per heavy atom. The van der Waals surface area contributed by atoms with Gasteiger partial charge in [-0.1, -0.05) is 0 Å².